The van der Waals surface area contributed by atoms with E-state index in [-0.39, 0.29) is 0 Å². The number of carbonyl (C=O) groups excluding carboxylic acids is 1. The summed E-state index contributed by atoms with van der Waals surface area (Å²) < 4.78 is 9.15. The number of rotatable bonds is 3. The third kappa shape index (κ3) is 4.41. The van der Waals surface area contributed by atoms with Crippen molar-refractivity contribution in [2.75, 3.05) is 38.3 Å². The Labute approximate surface area is 128 Å². The maximum Gasteiger partial charge on any atom is 0.292 e. The Balaban J connectivity index is 0.000000361. The molecule has 2 aliphatic heterocycles. The highest BCUT2D eigenvalue weighted by Crippen LogP contribution is 2.24. The van der Waals surface area contributed by atoms with Gasteiger partial charge < -0.3 is 14.4 Å². The summed E-state index contributed by atoms with van der Waals surface area (Å²) in [7, 11) is 1.31. The van der Waals surface area contributed by atoms with Gasteiger partial charge in [0.2, 0.25) is 0 Å². The molecule has 0 aromatic carbocycles. The molecule has 3 rings (SSSR count). The fourth-order valence-corrected chi connectivity index (χ4v) is 2.38. The molecule has 0 aliphatic carbocycles. The number of carbonyl (C=O) groups is 1. The molecular formula is C14H18ClN3O3. The SMILES string of the molecule is COC=O.Clc1cc(N2CCCC2)nc(C2=CCOC2)n1. The largest absolute Gasteiger partial charge is 0.471 e. The van der Waals surface area contributed by atoms with Gasteiger partial charge in [-0.15, -0.1) is 0 Å². The molecule has 0 N–H and O–H groups in total. The van der Waals surface area contributed by atoms with Crippen LogP contribution in [-0.4, -0.2) is 49.9 Å². The van der Waals surface area contributed by atoms with Gasteiger partial charge in [0.25, 0.3) is 6.47 Å². The second-order valence-electron chi connectivity index (χ2n) is 4.64. The molecule has 6 nitrogen and oxygen atoms in total. The van der Waals surface area contributed by atoms with Crippen molar-refractivity contribution in [2.24, 2.45) is 0 Å². The van der Waals surface area contributed by atoms with Crippen LogP contribution in [0.5, 0.6) is 0 Å². The molecule has 2 aliphatic rings. The van der Waals surface area contributed by atoms with Gasteiger partial charge in [0.1, 0.15) is 11.0 Å². The van der Waals surface area contributed by atoms with E-state index in [1.165, 1.54) is 20.0 Å². The zero-order valence-corrected chi connectivity index (χ0v) is 12.7. The topological polar surface area (TPSA) is 64.5 Å². The van der Waals surface area contributed by atoms with Gasteiger partial charge in [-0.2, -0.15) is 0 Å². The van der Waals surface area contributed by atoms with Crippen molar-refractivity contribution in [3.63, 3.8) is 0 Å². The minimum atomic E-state index is 0.375. The van der Waals surface area contributed by atoms with Gasteiger partial charge in [-0.3, -0.25) is 4.79 Å². The first-order valence-corrected chi connectivity index (χ1v) is 7.15. The van der Waals surface area contributed by atoms with Gasteiger partial charge in [0.05, 0.1) is 20.3 Å². The normalized spacial score (nSPS) is 17.0. The van der Waals surface area contributed by atoms with Gasteiger partial charge in [0, 0.05) is 24.7 Å². The van der Waals surface area contributed by atoms with Crippen LogP contribution in [0, 0.1) is 0 Å². The zero-order chi connectivity index (χ0) is 15.1. The first-order valence-electron chi connectivity index (χ1n) is 6.77. The predicted molar refractivity (Wildman–Crippen MR) is 80.4 cm³/mol. The Bertz CT molecular complexity index is 516. The van der Waals surface area contributed by atoms with E-state index in [4.69, 9.17) is 21.1 Å². The number of nitrogens with zero attached hydrogens (tertiary/aromatic N) is 3. The highest BCUT2D eigenvalue weighted by atomic mass is 35.5. The number of hydrogen-bond acceptors (Lipinski definition) is 6. The highest BCUT2D eigenvalue weighted by molar-refractivity contribution is 6.29. The average Bonchev–Trinajstić information content (AvgIpc) is 3.20. The van der Waals surface area contributed by atoms with Crippen LogP contribution in [-0.2, 0) is 14.3 Å². The number of halogens is 1. The Morgan fingerprint density at radius 1 is 1.38 bits per heavy atom. The van der Waals surface area contributed by atoms with Crippen molar-refractivity contribution in [1.29, 1.82) is 0 Å². The fourth-order valence-electron chi connectivity index (χ4n) is 2.20. The van der Waals surface area contributed by atoms with Gasteiger partial charge in [-0.25, -0.2) is 9.97 Å². The van der Waals surface area contributed by atoms with Crippen LogP contribution in [0.4, 0.5) is 5.82 Å². The number of ether oxygens (including phenoxy) is 2. The lowest BCUT2D eigenvalue weighted by Crippen LogP contribution is -2.19. The van der Waals surface area contributed by atoms with Crippen molar-refractivity contribution in [1.82, 2.24) is 9.97 Å². The van der Waals surface area contributed by atoms with Crippen molar-refractivity contribution >= 4 is 29.5 Å². The number of hydrogen-bond donors (Lipinski definition) is 0. The minimum Gasteiger partial charge on any atom is -0.471 e. The quantitative estimate of drug-likeness (QED) is 0.628. The molecule has 114 valence electrons. The average molecular weight is 312 g/mol. The lowest BCUT2D eigenvalue weighted by atomic mass is 10.2. The predicted octanol–water partition coefficient (Wildman–Crippen LogP) is 1.93. The molecule has 0 atom stereocenters. The standard InChI is InChI=1S/C12H14ClN3O.C2H4O2/c13-10-7-11(16-4-1-2-5-16)15-12(14-10)9-3-6-17-8-9;1-4-2-3/h3,7H,1-2,4-6,8H2;2H,1H3. The van der Waals surface area contributed by atoms with Crippen LogP contribution < -0.4 is 4.90 Å². The number of anilines is 1. The summed E-state index contributed by atoms with van der Waals surface area (Å²) in [6, 6.07) is 1.84. The van der Waals surface area contributed by atoms with Crippen molar-refractivity contribution < 1.29 is 14.3 Å². The fraction of sp³-hybridized carbons (Fsp3) is 0.500. The molecule has 0 amide bonds. The maximum absolute atomic E-state index is 8.95. The van der Waals surface area contributed by atoms with Crippen LogP contribution in [0.15, 0.2) is 12.1 Å². The van der Waals surface area contributed by atoms with E-state index >= 15 is 0 Å². The Morgan fingerprint density at radius 2 is 2.10 bits per heavy atom. The van der Waals surface area contributed by atoms with E-state index in [9.17, 15) is 0 Å². The van der Waals surface area contributed by atoms with E-state index in [0.29, 0.717) is 30.7 Å². The molecule has 0 unspecified atom stereocenters. The third-order valence-electron chi connectivity index (χ3n) is 3.20. The van der Waals surface area contributed by atoms with E-state index < -0.39 is 0 Å². The first kappa shape index (κ1) is 15.7. The molecule has 0 bridgehead atoms. The highest BCUT2D eigenvalue weighted by Gasteiger charge is 2.17. The van der Waals surface area contributed by atoms with E-state index in [2.05, 4.69) is 19.6 Å². The first-order chi connectivity index (χ1) is 10.2. The molecule has 0 radical (unpaired) electrons. The second-order valence-corrected chi connectivity index (χ2v) is 5.03. The van der Waals surface area contributed by atoms with Crippen molar-refractivity contribution in [3.8, 4) is 0 Å². The summed E-state index contributed by atoms with van der Waals surface area (Å²) in [6.45, 7) is 3.72. The molecule has 0 saturated carbocycles. The second kappa shape index (κ2) is 7.95. The molecule has 3 heterocycles. The number of methoxy groups -OCH3 is 1. The van der Waals surface area contributed by atoms with Crippen LogP contribution >= 0.6 is 11.6 Å². The Kier molecular flexibility index (Phi) is 5.95. The van der Waals surface area contributed by atoms with E-state index in [1.807, 2.05) is 12.1 Å². The van der Waals surface area contributed by atoms with Crippen LogP contribution in [0.2, 0.25) is 5.15 Å². The minimum absolute atomic E-state index is 0.375. The Hall–Kier alpha value is -1.66. The monoisotopic (exact) mass is 311 g/mol. The van der Waals surface area contributed by atoms with Crippen molar-refractivity contribution in [2.45, 2.75) is 12.8 Å². The van der Waals surface area contributed by atoms with Crippen LogP contribution in [0.25, 0.3) is 5.57 Å². The van der Waals surface area contributed by atoms with Gasteiger partial charge in [0.15, 0.2) is 5.82 Å². The lowest BCUT2D eigenvalue weighted by Gasteiger charge is -2.17. The molecule has 1 aromatic heterocycles. The molecular weight excluding hydrogens is 294 g/mol. The summed E-state index contributed by atoms with van der Waals surface area (Å²) in [6.07, 6.45) is 4.46. The van der Waals surface area contributed by atoms with Gasteiger partial charge in [-0.05, 0) is 18.9 Å². The summed E-state index contributed by atoms with van der Waals surface area (Å²) >= 11 is 6.06. The van der Waals surface area contributed by atoms with Crippen LogP contribution in [0.3, 0.4) is 0 Å². The maximum atomic E-state index is 8.95. The van der Waals surface area contributed by atoms with Gasteiger partial charge in [-0.1, -0.05) is 11.6 Å². The van der Waals surface area contributed by atoms with Gasteiger partial charge >= 0.3 is 0 Å². The van der Waals surface area contributed by atoms with Crippen molar-refractivity contribution in [3.05, 3.63) is 23.1 Å². The molecule has 1 aromatic rings. The molecule has 21 heavy (non-hydrogen) atoms. The molecule has 1 saturated heterocycles. The summed E-state index contributed by atoms with van der Waals surface area (Å²) in [5.41, 5.74) is 1.04. The number of aromatic nitrogens is 2. The van der Waals surface area contributed by atoms with E-state index in [1.54, 1.807) is 0 Å². The third-order valence-corrected chi connectivity index (χ3v) is 3.39. The molecule has 7 heteroatoms. The summed E-state index contributed by atoms with van der Waals surface area (Å²) in [5, 5.41) is 0.504. The molecule has 0 spiro atoms. The summed E-state index contributed by atoms with van der Waals surface area (Å²) in [4.78, 5) is 20.1. The van der Waals surface area contributed by atoms with Crippen LogP contribution in [0.1, 0.15) is 18.7 Å². The Morgan fingerprint density at radius 3 is 2.67 bits per heavy atom. The van der Waals surface area contributed by atoms with E-state index in [0.717, 1.165) is 24.5 Å². The zero-order valence-electron chi connectivity index (χ0n) is 11.9. The molecule has 1 fully saturated rings. The summed E-state index contributed by atoms with van der Waals surface area (Å²) in [5.74, 6) is 1.64. The lowest BCUT2D eigenvalue weighted by molar-refractivity contribution is -0.126. The smallest absolute Gasteiger partial charge is 0.292 e.